The summed E-state index contributed by atoms with van der Waals surface area (Å²) in [6, 6.07) is 5.33. The Morgan fingerprint density at radius 2 is 2.29 bits per heavy atom. The molecule has 5 nitrogen and oxygen atoms in total. The van der Waals surface area contributed by atoms with E-state index >= 15 is 0 Å². The number of nitrogens with zero attached hydrogens (tertiary/aromatic N) is 2. The Hall–Kier alpha value is -1.53. The van der Waals surface area contributed by atoms with Crippen LogP contribution in [0.15, 0.2) is 28.3 Å². The van der Waals surface area contributed by atoms with Gasteiger partial charge in [0.2, 0.25) is 5.16 Å². The Morgan fingerprint density at radius 3 is 2.88 bits per heavy atom. The fourth-order valence-corrected chi connectivity index (χ4v) is 2.59. The predicted molar refractivity (Wildman–Crippen MR) is 67.7 cm³/mol. The van der Waals surface area contributed by atoms with Crippen LogP contribution in [-0.2, 0) is 0 Å². The molecule has 0 radical (unpaired) electrons. The van der Waals surface area contributed by atoms with Crippen LogP contribution in [0.2, 0.25) is 5.02 Å². The molecule has 7 heteroatoms. The number of nitrogen functional groups attached to an aromatic ring is 1. The summed E-state index contributed by atoms with van der Waals surface area (Å²) in [5.41, 5.74) is 6.03. The van der Waals surface area contributed by atoms with Crippen molar-refractivity contribution in [1.29, 1.82) is 5.41 Å². The third kappa shape index (κ3) is 2.59. The Bertz CT molecular complexity index is 566. The van der Waals surface area contributed by atoms with Gasteiger partial charge in [-0.3, -0.25) is 10.5 Å². The van der Waals surface area contributed by atoms with E-state index in [1.165, 1.54) is 11.8 Å². The average molecular weight is 268 g/mol. The number of nitrogens with two attached hydrogens (primary N) is 1. The number of rotatable bonds is 3. The van der Waals surface area contributed by atoms with Crippen molar-refractivity contribution >= 4 is 29.2 Å². The Morgan fingerprint density at radius 1 is 1.53 bits per heavy atom. The molecule has 0 bridgehead atoms. The van der Waals surface area contributed by atoms with Gasteiger partial charge >= 0.3 is 0 Å². The molecule has 0 atom stereocenters. The monoisotopic (exact) mass is 267 g/mol. The summed E-state index contributed by atoms with van der Waals surface area (Å²) in [7, 11) is 0. The van der Waals surface area contributed by atoms with Crippen LogP contribution >= 0.6 is 23.4 Å². The van der Waals surface area contributed by atoms with Crippen LogP contribution in [0.5, 0.6) is 0 Å². The van der Waals surface area contributed by atoms with Gasteiger partial charge < -0.3 is 5.73 Å². The maximum atomic E-state index is 7.52. The number of hydrogen-bond acceptors (Lipinski definition) is 4. The summed E-state index contributed by atoms with van der Waals surface area (Å²) in [6.07, 6.45) is 0. The highest BCUT2D eigenvalue weighted by atomic mass is 35.5. The molecule has 2 aromatic rings. The van der Waals surface area contributed by atoms with Crippen molar-refractivity contribution in [1.82, 2.24) is 15.2 Å². The smallest absolute Gasteiger partial charge is 0.213 e. The predicted octanol–water partition coefficient (Wildman–Crippen LogP) is 2.20. The van der Waals surface area contributed by atoms with Crippen molar-refractivity contribution in [3.05, 3.63) is 34.6 Å². The summed E-state index contributed by atoms with van der Waals surface area (Å²) < 4.78 is 0. The molecule has 0 saturated carbocycles. The van der Waals surface area contributed by atoms with E-state index in [0.717, 1.165) is 10.7 Å². The van der Waals surface area contributed by atoms with E-state index in [9.17, 15) is 0 Å². The highest BCUT2D eigenvalue weighted by Crippen LogP contribution is 2.31. The van der Waals surface area contributed by atoms with E-state index in [1.807, 2.05) is 13.0 Å². The van der Waals surface area contributed by atoms with Crippen molar-refractivity contribution in [3.8, 4) is 0 Å². The van der Waals surface area contributed by atoms with Gasteiger partial charge in [0.1, 0.15) is 11.7 Å². The summed E-state index contributed by atoms with van der Waals surface area (Å²) in [6.45, 7) is 1.82. The summed E-state index contributed by atoms with van der Waals surface area (Å²) in [5, 5.41) is 15.3. The number of amidine groups is 1. The lowest BCUT2D eigenvalue weighted by atomic mass is 10.2. The van der Waals surface area contributed by atoms with Gasteiger partial charge in [-0.1, -0.05) is 17.7 Å². The number of halogens is 1. The first-order valence-corrected chi connectivity index (χ1v) is 5.97. The molecular weight excluding hydrogens is 258 g/mol. The third-order valence-electron chi connectivity index (χ3n) is 2.02. The highest BCUT2D eigenvalue weighted by Gasteiger charge is 2.12. The van der Waals surface area contributed by atoms with Gasteiger partial charge in [-0.2, -0.15) is 0 Å². The zero-order valence-electron chi connectivity index (χ0n) is 8.99. The second-order valence-electron chi connectivity index (χ2n) is 3.33. The maximum Gasteiger partial charge on any atom is 0.213 e. The molecule has 0 saturated heterocycles. The molecule has 0 aliphatic rings. The Balaban J connectivity index is 2.39. The van der Waals surface area contributed by atoms with E-state index in [1.54, 1.807) is 12.1 Å². The number of aryl methyl sites for hydroxylation is 1. The zero-order valence-corrected chi connectivity index (χ0v) is 10.6. The van der Waals surface area contributed by atoms with Crippen molar-refractivity contribution in [2.75, 3.05) is 0 Å². The lowest BCUT2D eigenvalue weighted by molar-refractivity contribution is 0.969. The number of hydrogen-bond donors (Lipinski definition) is 3. The van der Waals surface area contributed by atoms with Gasteiger partial charge in [-0.15, -0.1) is 5.10 Å². The Kier molecular flexibility index (Phi) is 3.35. The molecule has 0 fully saturated rings. The second-order valence-corrected chi connectivity index (χ2v) is 4.75. The van der Waals surface area contributed by atoms with Gasteiger partial charge in [0, 0.05) is 10.5 Å². The van der Waals surface area contributed by atoms with Crippen LogP contribution in [-0.4, -0.2) is 21.0 Å². The summed E-state index contributed by atoms with van der Waals surface area (Å²) in [5.74, 6) is 0.671. The van der Waals surface area contributed by atoms with Gasteiger partial charge in [-0.25, -0.2) is 4.98 Å². The zero-order chi connectivity index (χ0) is 12.4. The fraction of sp³-hybridized carbons (Fsp3) is 0.100. The molecule has 1 heterocycles. The molecule has 4 N–H and O–H groups in total. The minimum atomic E-state index is -0.0645. The van der Waals surface area contributed by atoms with Crippen LogP contribution in [0.25, 0.3) is 0 Å². The van der Waals surface area contributed by atoms with Gasteiger partial charge in [0.25, 0.3) is 0 Å². The van der Waals surface area contributed by atoms with Crippen LogP contribution in [0.1, 0.15) is 11.4 Å². The van der Waals surface area contributed by atoms with Gasteiger partial charge in [0.05, 0.1) is 5.02 Å². The topological polar surface area (TPSA) is 91.4 Å². The molecule has 1 aromatic carbocycles. The lowest BCUT2D eigenvalue weighted by Crippen LogP contribution is -2.13. The second kappa shape index (κ2) is 4.77. The molecule has 88 valence electrons. The number of H-pyrrole nitrogens is 1. The SMILES string of the molecule is Cc1nc(Sc2cccc(Cl)c2C(=N)N)n[nH]1. The molecule has 17 heavy (non-hydrogen) atoms. The summed E-state index contributed by atoms with van der Waals surface area (Å²) >= 11 is 7.33. The van der Waals surface area contributed by atoms with Crippen molar-refractivity contribution in [2.24, 2.45) is 5.73 Å². The number of benzene rings is 1. The van der Waals surface area contributed by atoms with Crippen molar-refractivity contribution < 1.29 is 0 Å². The summed E-state index contributed by atoms with van der Waals surface area (Å²) in [4.78, 5) is 4.95. The minimum absolute atomic E-state index is 0.0645. The molecule has 0 aliphatic carbocycles. The number of nitrogens with one attached hydrogen (secondary N) is 2. The molecular formula is C10H10ClN5S. The minimum Gasteiger partial charge on any atom is -0.384 e. The van der Waals surface area contributed by atoms with Gasteiger partial charge in [0.15, 0.2) is 0 Å². The lowest BCUT2D eigenvalue weighted by Gasteiger charge is -2.07. The number of aromatic nitrogens is 3. The standard InChI is InChI=1S/C10H10ClN5S/c1-5-14-10(16-15-5)17-7-4-2-3-6(11)8(7)9(12)13/h2-4H,1H3,(H3,12,13)(H,14,15,16). The van der Waals surface area contributed by atoms with E-state index in [-0.39, 0.29) is 5.84 Å². The maximum absolute atomic E-state index is 7.52. The fourth-order valence-electron chi connectivity index (χ4n) is 1.32. The molecule has 0 spiro atoms. The first-order valence-electron chi connectivity index (χ1n) is 4.77. The highest BCUT2D eigenvalue weighted by molar-refractivity contribution is 7.99. The molecule has 0 aliphatic heterocycles. The average Bonchev–Trinajstić information content (AvgIpc) is 2.63. The molecule has 2 rings (SSSR count). The van der Waals surface area contributed by atoms with Crippen molar-refractivity contribution in [3.63, 3.8) is 0 Å². The van der Waals surface area contributed by atoms with Crippen LogP contribution in [0.3, 0.4) is 0 Å². The van der Waals surface area contributed by atoms with Gasteiger partial charge in [-0.05, 0) is 30.8 Å². The van der Waals surface area contributed by atoms with Crippen LogP contribution < -0.4 is 5.73 Å². The Labute approximate surface area is 107 Å². The molecule has 0 amide bonds. The van der Waals surface area contributed by atoms with E-state index < -0.39 is 0 Å². The largest absolute Gasteiger partial charge is 0.384 e. The quantitative estimate of drug-likeness (QED) is 0.587. The molecule has 0 unspecified atom stereocenters. The van der Waals surface area contributed by atoms with E-state index in [0.29, 0.717) is 15.7 Å². The van der Waals surface area contributed by atoms with E-state index in [2.05, 4.69) is 15.2 Å². The number of aromatic amines is 1. The normalized spacial score (nSPS) is 10.5. The van der Waals surface area contributed by atoms with Crippen LogP contribution in [0, 0.1) is 12.3 Å². The van der Waals surface area contributed by atoms with Crippen molar-refractivity contribution in [2.45, 2.75) is 17.0 Å². The first-order chi connectivity index (χ1) is 8.08. The first kappa shape index (κ1) is 11.9. The van der Waals surface area contributed by atoms with E-state index in [4.69, 9.17) is 22.7 Å². The third-order valence-corrected chi connectivity index (χ3v) is 3.26. The van der Waals surface area contributed by atoms with Crippen LogP contribution in [0.4, 0.5) is 0 Å². The molecule has 1 aromatic heterocycles.